The summed E-state index contributed by atoms with van der Waals surface area (Å²) in [5.41, 5.74) is 6.89. The average Bonchev–Trinajstić information content (AvgIpc) is 2.52. The van der Waals surface area contributed by atoms with Crippen LogP contribution in [-0.4, -0.2) is 53.3 Å². The molecule has 110 valence electrons. The Morgan fingerprint density at radius 2 is 2.25 bits per heavy atom. The van der Waals surface area contributed by atoms with Gasteiger partial charge in [0.25, 0.3) is 5.91 Å². The number of aliphatic hydroxyl groups excluding tert-OH is 1. The van der Waals surface area contributed by atoms with Gasteiger partial charge in [-0.05, 0) is 25.0 Å². The molecule has 1 aromatic heterocycles. The highest BCUT2D eigenvalue weighted by Gasteiger charge is 2.24. The summed E-state index contributed by atoms with van der Waals surface area (Å²) in [6.45, 7) is 2.09. The standard InChI is InChI=1S/C14H21N3O3/c15-10-12-9-11(1-4-16-12)14(19)17-5-2-13(3-6-17)20-8-7-18/h1,4,9,13,18H,2-3,5-8,10,15H2. The van der Waals surface area contributed by atoms with Gasteiger partial charge in [0.1, 0.15) is 0 Å². The number of piperidine rings is 1. The number of pyridine rings is 1. The molecule has 1 aromatic rings. The Bertz CT molecular complexity index is 445. The Morgan fingerprint density at radius 1 is 1.50 bits per heavy atom. The Balaban J connectivity index is 1.91. The van der Waals surface area contributed by atoms with Crippen molar-refractivity contribution in [2.75, 3.05) is 26.3 Å². The van der Waals surface area contributed by atoms with Gasteiger partial charge < -0.3 is 20.5 Å². The number of amides is 1. The highest BCUT2D eigenvalue weighted by atomic mass is 16.5. The molecule has 0 atom stereocenters. The molecule has 1 amide bonds. The second kappa shape index (κ2) is 7.33. The van der Waals surface area contributed by atoms with Crippen LogP contribution in [0.1, 0.15) is 28.9 Å². The molecule has 0 radical (unpaired) electrons. The van der Waals surface area contributed by atoms with Crippen LogP contribution >= 0.6 is 0 Å². The normalized spacial score (nSPS) is 16.4. The number of aliphatic hydroxyl groups is 1. The van der Waals surface area contributed by atoms with Crippen LogP contribution in [0.15, 0.2) is 18.3 Å². The lowest BCUT2D eigenvalue weighted by molar-refractivity contribution is -0.00554. The highest BCUT2D eigenvalue weighted by molar-refractivity contribution is 5.94. The first-order valence-electron chi connectivity index (χ1n) is 6.91. The molecule has 0 aromatic carbocycles. The van der Waals surface area contributed by atoms with Crippen LogP contribution in [-0.2, 0) is 11.3 Å². The van der Waals surface area contributed by atoms with Crippen LogP contribution in [0.25, 0.3) is 0 Å². The Labute approximate surface area is 118 Å². The van der Waals surface area contributed by atoms with Crippen LogP contribution in [0.5, 0.6) is 0 Å². The van der Waals surface area contributed by atoms with Crippen molar-refractivity contribution in [1.29, 1.82) is 0 Å². The maximum absolute atomic E-state index is 12.4. The van der Waals surface area contributed by atoms with Gasteiger partial charge in [0.05, 0.1) is 25.0 Å². The fourth-order valence-corrected chi connectivity index (χ4v) is 2.35. The maximum atomic E-state index is 12.4. The zero-order chi connectivity index (χ0) is 14.4. The number of hydrogen-bond acceptors (Lipinski definition) is 5. The first-order chi connectivity index (χ1) is 9.74. The molecule has 3 N–H and O–H groups in total. The van der Waals surface area contributed by atoms with Gasteiger partial charge in [-0.3, -0.25) is 9.78 Å². The van der Waals surface area contributed by atoms with Crippen molar-refractivity contribution in [3.05, 3.63) is 29.6 Å². The third-order valence-corrected chi connectivity index (χ3v) is 3.45. The van der Waals surface area contributed by atoms with Crippen molar-refractivity contribution in [2.24, 2.45) is 5.73 Å². The molecular formula is C14H21N3O3. The smallest absolute Gasteiger partial charge is 0.253 e. The number of rotatable bonds is 5. The summed E-state index contributed by atoms with van der Waals surface area (Å²) < 4.78 is 5.49. The van der Waals surface area contributed by atoms with Gasteiger partial charge in [-0.1, -0.05) is 0 Å². The SMILES string of the molecule is NCc1cc(C(=O)N2CCC(OCCO)CC2)ccn1. The molecule has 20 heavy (non-hydrogen) atoms. The number of ether oxygens (including phenoxy) is 1. The summed E-state index contributed by atoms with van der Waals surface area (Å²) in [4.78, 5) is 18.3. The predicted octanol–water partition coefficient (Wildman–Crippen LogP) is 0.154. The van der Waals surface area contributed by atoms with Crippen LogP contribution in [0.4, 0.5) is 0 Å². The third-order valence-electron chi connectivity index (χ3n) is 3.45. The monoisotopic (exact) mass is 279 g/mol. The minimum absolute atomic E-state index is 0.0164. The zero-order valence-corrected chi connectivity index (χ0v) is 11.5. The van der Waals surface area contributed by atoms with E-state index >= 15 is 0 Å². The number of aromatic nitrogens is 1. The molecule has 2 heterocycles. The van der Waals surface area contributed by atoms with E-state index in [-0.39, 0.29) is 18.6 Å². The van der Waals surface area contributed by atoms with Crippen LogP contribution in [0.2, 0.25) is 0 Å². The van der Waals surface area contributed by atoms with E-state index in [0.717, 1.165) is 18.5 Å². The molecule has 1 saturated heterocycles. The molecule has 1 aliphatic rings. The molecule has 6 nitrogen and oxygen atoms in total. The second-order valence-electron chi connectivity index (χ2n) is 4.83. The summed E-state index contributed by atoms with van der Waals surface area (Å²) >= 11 is 0. The largest absolute Gasteiger partial charge is 0.394 e. The second-order valence-corrected chi connectivity index (χ2v) is 4.83. The van der Waals surface area contributed by atoms with E-state index in [1.807, 2.05) is 4.90 Å². The van der Waals surface area contributed by atoms with Crippen molar-refractivity contribution in [3.8, 4) is 0 Å². The molecule has 0 unspecified atom stereocenters. The summed E-state index contributed by atoms with van der Waals surface area (Å²) in [5.74, 6) is 0.0164. The van der Waals surface area contributed by atoms with Gasteiger partial charge in [-0.15, -0.1) is 0 Å². The maximum Gasteiger partial charge on any atom is 0.253 e. The van der Waals surface area contributed by atoms with Crippen molar-refractivity contribution in [3.63, 3.8) is 0 Å². The number of nitrogens with zero attached hydrogens (tertiary/aromatic N) is 2. The molecule has 0 saturated carbocycles. The molecule has 1 fully saturated rings. The first kappa shape index (κ1) is 14.9. The number of carbonyl (C=O) groups is 1. The molecule has 2 rings (SSSR count). The van der Waals surface area contributed by atoms with E-state index in [4.69, 9.17) is 15.6 Å². The van der Waals surface area contributed by atoms with E-state index in [9.17, 15) is 4.79 Å². The lowest BCUT2D eigenvalue weighted by atomic mass is 10.1. The summed E-state index contributed by atoms with van der Waals surface area (Å²) in [6.07, 6.45) is 3.37. The predicted molar refractivity (Wildman–Crippen MR) is 74.1 cm³/mol. The topological polar surface area (TPSA) is 88.7 Å². The van der Waals surface area contributed by atoms with Gasteiger partial charge >= 0.3 is 0 Å². The molecular weight excluding hydrogens is 258 g/mol. The van der Waals surface area contributed by atoms with E-state index in [1.165, 1.54) is 0 Å². The molecule has 1 aliphatic heterocycles. The number of carbonyl (C=O) groups excluding carboxylic acids is 1. The fraction of sp³-hybridized carbons (Fsp3) is 0.571. The molecule has 0 aliphatic carbocycles. The molecule has 0 spiro atoms. The van der Waals surface area contributed by atoms with Crippen LogP contribution in [0, 0.1) is 0 Å². The Morgan fingerprint density at radius 3 is 2.90 bits per heavy atom. The zero-order valence-electron chi connectivity index (χ0n) is 11.5. The van der Waals surface area contributed by atoms with E-state index in [0.29, 0.717) is 31.8 Å². The van der Waals surface area contributed by atoms with Crippen LogP contribution in [0.3, 0.4) is 0 Å². The summed E-state index contributed by atoms with van der Waals surface area (Å²) in [7, 11) is 0. The van der Waals surface area contributed by atoms with Gasteiger partial charge in [-0.2, -0.15) is 0 Å². The van der Waals surface area contributed by atoms with E-state index < -0.39 is 0 Å². The minimum atomic E-state index is 0.0164. The molecule has 6 heteroatoms. The average molecular weight is 279 g/mol. The minimum Gasteiger partial charge on any atom is -0.394 e. The summed E-state index contributed by atoms with van der Waals surface area (Å²) in [6, 6.07) is 3.46. The fourth-order valence-electron chi connectivity index (χ4n) is 2.35. The Kier molecular flexibility index (Phi) is 5.46. The van der Waals surface area contributed by atoms with Crippen molar-refractivity contribution in [1.82, 2.24) is 9.88 Å². The van der Waals surface area contributed by atoms with Gasteiger partial charge in [0.15, 0.2) is 0 Å². The number of hydrogen-bond donors (Lipinski definition) is 2. The third kappa shape index (κ3) is 3.75. The van der Waals surface area contributed by atoms with E-state index in [1.54, 1.807) is 18.3 Å². The number of likely N-dealkylation sites (tertiary alicyclic amines) is 1. The van der Waals surface area contributed by atoms with Crippen molar-refractivity contribution < 1.29 is 14.6 Å². The number of nitrogens with two attached hydrogens (primary N) is 1. The van der Waals surface area contributed by atoms with Gasteiger partial charge in [0.2, 0.25) is 0 Å². The quantitative estimate of drug-likeness (QED) is 0.801. The van der Waals surface area contributed by atoms with Crippen LogP contribution < -0.4 is 5.73 Å². The van der Waals surface area contributed by atoms with E-state index in [2.05, 4.69) is 4.98 Å². The summed E-state index contributed by atoms with van der Waals surface area (Å²) in [5, 5.41) is 8.73. The highest BCUT2D eigenvalue weighted by Crippen LogP contribution is 2.16. The molecule has 0 bridgehead atoms. The van der Waals surface area contributed by atoms with Gasteiger partial charge in [0, 0.05) is 31.4 Å². The van der Waals surface area contributed by atoms with Gasteiger partial charge in [-0.25, -0.2) is 0 Å². The first-order valence-corrected chi connectivity index (χ1v) is 6.91. The lowest BCUT2D eigenvalue weighted by Crippen LogP contribution is -2.41. The lowest BCUT2D eigenvalue weighted by Gasteiger charge is -2.32. The van der Waals surface area contributed by atoms with Crippen molar-refractivity contribution in [2.45, 2.75) is 25.5 Å². The Hall–Kier alpha value is -1.50. The van der Waals surface area contributed by atoms with Crippen molar-refractivity contribution >= 4 is 5.91 Å².